The van der Waals surface area contributed by atoms with Gasteiger partial charge in [-0.05, 0) is 63.4 Å². The molecule has 0 radical (unpaired) electrons. The molecule has 0 bridgehead atoms. The van der Waals surface area contributed by atoms with Crippen LogP contribution in [0.4, 0.5) is 0 Å². The molecule has 1 rings (SSSR count). The second kappa shape index (κ2) is 16.2. The van der Waals surface area contributed by atoms with Crippen LogP contribution in [0, 0.1) is 0 Å². The quantitative estimate of drug-likeness (QED) is 0.258. The lowest BCUT2D eigenvalue weighted by Gasteiger charge is -2.32. The third-order valence-corrected chi connectivity index (χ3v) is 6.43. The molecular weight excluding hydrogens is 402 g/mol. The molecular formula is C26H47N3O3. The Hall–Kier alpha value is -1.47. The Kier molecular flexibility index (Phi) is 14.5. The molecule has 0 fully saturated rings. The van der Waals surface area contributed by atoms with Crippen LogP contribution >= 0.6 is 0 Å². The SMILES string of the molecule is CCCCCCCCc1ccc(CCC(CO)(CO)NC(=O)C(N)CCN(C)CC)cc1. The number of aliphatic hydroxyl groups excluding tert-OH is 2. The number of rotatable bonds is 18. The van der Waals surface area contributed by atoms with Crippen LogP contribution in [0.3, 0.4) is 0 Å². The number of hydrogen-bond donors (Lipinski definition) is 4. The molecule has 1 aromatic rings. The lowest BCUT2D eigenvalue weighted by atomic mass is 9.91. The van der Waals surface area contributed by atoms with Crippen LogP contribution in [-0.4, -0.2) is 66.0 Å². The van der Waals surface area contributed by atoms with Crippen LogP contribution in [0.25, 0.3) is 0 Å². The van der Waals surface area contributed by atoms with Gasteiger partial charge in [-0.2, -0.15) is 0 Å². The van der Waals surface area contributed by atoms with Gasteiger partial charge >= 0.3 is 0 Å². The Labute approximate surface area is 195 Å². The third kappa shape index (κ3) is 10.9. The van der Waals surface area contributed by atoms with E-state index >= 15 is 0 Å². The molecule has 6 nitrogen and oxygen atoms in total. The molecule has 0 aliphatic rings. The van der Waals surface area contributed by atoms with Gasteiger partial charge in [-0.3, -0.25) is 4.79 Å². The van der Waals surface area contributed by atoms with Crippen molar-refractivity contribution in [1.29, 1.82) is 0 Å². The van der Waals surface area contributed by atoms with Gasteiger partial charge in [0.25, 0.3) is 0 Å². The molecule has 0 aliphatic carbocycles. The number of benzene rings is 1. The van der Waals surface area contributed by atoms with Gasteiger partial charge in [0, 0.05) is 0 Å². The van der Waals surface area contributed by atoms with Crippen molar-refractivity contribution in [2.24, 2.45) is 5.73 Å². The normalized spacial score (nSPS) is 12.8. The summed E-state index contributed by atoms with van der Waals surface area (Å²) in [5, 5.41) is 22.7. The van der Waals surface area contributed by atoms with Gasteiger partial charge in [-0.25, -0.2) is 0 Å². The Morgan fingerprint density at radius 1 is 1.00 bits per heavy atom. The smallest absolute Gasteiger partial charge is 0.237 e. The highest BCUT2D eigenvalue weighted by Gasteiger charge is 2.32. The molecule has 5 N–H and O–H groups in total. The first-order valence-corrected chi connectivity index (χ1v) is 12.4. The van der Waals surface area contributed by atoms with Crippen molar-refractivity contribution >= 4 is 5.91 Å². The summed E-state index contributed by atoms with van der Waals surface area (Å²) < 4.78 is 0. The summed E-state index contributed by atoms with van der Waals surface area (Å²) in [4.78, 5) is 14.6. The number of aliphatic hydroxyl groups is 2. The summed E-state index contributed by atoms with van der Waals surface area (Å²) in [6.45, 7) is 5.25. The zero-order valence-corrected chi connectivity index (χ0v) is 20.6. The number of aryl methyl sites for hydroxylation is 2. The molecule has 0 heterocycles. The predicted molar refractivity (Wildman–Crippen MR) is 133 cm³/mol. The maximum atomic E-state index is 12.5. The van der Waals surface area contributed by atoms with Crippen LogP contribution in [-0.2, 0) is 17.6 Å². The van der Waals surface area contributed by atoms with Gasteiger partial charge in [0.1, 0.15) is 0 Å². The maximum absolute atomic E-state index is 12.5. The number of unbranched alkanes of at least 4 members (excludes halogenated alkanes) is 5. The van der Waals surface area contributed by atoms with Crippen LogP contribution in [0.5, 0.6) is 0 Å². The number of amides is 1. The van der Waals surface area contributed by atoms with E-state index in [1.807, 2.05) is 7.05 Å². The van der Waals surface area contributed by atoms with E-state index in [1.165, 1.54) is 44.1 Å². The number of carbonyl (C=O) groups is 1. The maximum Gasteiger partial charge on any atom is 0.237 e. The minimum absolute atomic E-state index is 0.326. The topological polar surface area (TPSA) is 98.8 Å². The van der Waals surface area contributed by atoms with E-state index in [9.17, 15) is 15.0 Å². The average Bonchev–Trinajstić information content (AvgIpc) is 2.82. The summed E-state index contributed by atoms with van der Waals surface area (Å²) >= 11 is 0. The molecule has 32 heavy (non-hydrogen) atoms. The third-order valence-electron chi connectivity index (χ3n) is 6.43. The molecule has 0 saturated heterocycles. The fourth-order valence-electron chi connectivity index (χ4n) is 3.72. The summed E-state index contributed by atoms with van der Waals surface area (Å²) in [6, 6.07) is 7.89. The Morgan fingerprint density at radius 3 is 2.12 bits per heavy atom. The van der Waals surface area contributed by atoms with Crippen LogP contribution < -0.4 is 11.1 Å². The van der Waals surface area contributed by atoms with E-state index < -0.39 is 11.6 Å². The minimum Gasteiger partial charge on any atom is -0.394 e. The van der Waals surface area contributed by atoms with Crippen molar-refractivity contribution in [3.05, 3.63) is 35.4 Å². The second-order valence-corrected chi connectivity index (χ2v) is 9.21. The van der Waals surface area contributed by atoms with Gasteiger partial charge in [-0.1, -0.05) is 70.2 Å². The Bertz CT molecular complexity index is 617. The van der Waals surface area contributed by atoms with Gasteiger partial charge in [0.15, 0.2) is 0 Å². The molecule has 6 heteroatoms. The molecule has 0 saturated carbocycles. The van der Waals surface area contributed by atoms with Gasteiger partial charge in [0.05, 0.1) is 24.8 Å². The Morgan fingerprint density at radius 2 is 1.56 bits per heavy atom. The number of nitrogens with two attached hydrogens (primary N) is 1. The van der Waals surface area contributed by atoms with E-state index in [0.717, 1.165) is 25.1 Å². The molecule has 0 aliphatic heterocycles. The van der Waals surface area contributed by atoms with Gasteiger partial charge < -0.3 is 26.2 Å². The molecule has 1 aromatic carbocycles. The van der Waals surface area contributed by atoms with E-state index in [2.05, 4.69) is 48.3 Å². The average molecular weight is 450 g/mol. The summed E-state index contributed by atoms with van der Waals surface area (Å²) in [6.07, 6.45) is 10.5. The predicted octanol–water partition coefficient (Wildman–Crippen LogP) is 3.03. The number of nitrogens with zero attached hydrogens (tertiary/aromatic N) is 1. The molecule has 0 spiro atoms. The fourth-order valence-corrected chi connectivity index (χ4v) is 3.72. The van der Waals surface area contributed by atoms with Crippen LogP contribution in [0.2, 0.25) is 0 Å². The monoisotopic (exact) mass is 449 g/mol. The second-order valence-electron chi connectivity index (χ2n) is 9.21. The molecule has 0 aromatic heterocycles. The van der Waals surface area contributed by atoms with Crippen molar-refractivity contribution in [2.75, 3.05) is 33.4 Å². The summed E-state index contributed by atoms with van der Waals surface area (Å²) in [5.41, 5.74) is 7.44. The first kappa shape index (κ1) is 28.6. The molecule has 1 atom stereocenters. The standard InChI is InChI=1S/C26H47N3O3/c1-4-6-7-8-9-10-11-22-12-14-23(15-13-22)16-18-26(20-30,21-31)28-25(32)24(27)17-19-29(3)5-2/h12-15,24,30-31H,4-11,16-21,27H2,1-3H3,(H,28,32). The van der Waals surface area contributed by atoms with Crippen molar-refractivity contribution < 1.29 is 15.0 Å². The lowest BCUT2D eigenvalue weighted by molar-refractivity contribution is -0.126. The van der Waals surface area contributed by atoms with Crippen molar-refractivity contribution in [1.82, 2.24) is 10.2 Å². The first-order chi connectivity index (χ1) is 15.4. The number of nitrogens with one attached hydrogen (secondary N) is 1. The van der Waals surface area contributed by atoms with E-state index in [4.69, 9.17) is 5.73 Å². The summed E-state index contributed by atoms with van der Waals surface area (Å²) in [5.74, 6) is -0.327. The fraction of sp³-hybridized carbons (Fsp3) is 0.731. The van der Waals surface area contributed by atoms with Crippen molar-refractivity contribution in [2.45, 2.75) is 89.6 Å². The van der Waals surface area contributed by atoms with Crippen molar-refractivity contribution in [3.8, 4) is 0 Å². The highest BCUT2D eigenvalue weighted by atomic mass is 16.3. The van der Waals surface area contributed by atoms with E-state index in [0.29, 0.717) is 19.3 Å². The molecule has 184 valence electrons. The number of carbonyl (C=O) groups excluding carboxylic acids is 1. The summed E-state index contributed by atoms with van der Waals surface area (Å²) in [7, 11) is 1.98. The largest absolute Gasteiger partial charge is 0.394 e. The highest BCUT2D eigenvalue weighted by molar-refractivity contribution is 5.82. The lowest BCUT2D eigenvalue weighted by Crippen LogP contribution is -2.58. The molecule has 1 unspecified atom stereocenters. The van der Waals surface area contributed by atoms with Crippen LogP contribution in [0.1, 0.15) is 76.3 Å². The highest BCUT2D eigenvalue weighted by Crippen LogP contribution is 2.17. The molecule has 1 amide bonds. The zero-order valence-electron chi connectivity index (χ0n) is 20.6. The van der Waals surface area contributed by atoms with E-state index in [-0.39, 0.29) is 19.1 Å². The zero-order chi connectivity index (χ0) is 23.8. The minimum atomic E-state index is -1.07. The van der Waals surface area contributed by atoms with Crippen molar-refractivity contribution in [3.63, 3.8) is 0 Å². The van der Waals surface area contributed by atoms with Crippen LogP contribution in [0.15, 0.2) is 24.3 Å². The first-order valence-electron chi connectivity index (χ1n) is 12.4. The van der Waals surface area contributed by atoms with E-state index in [1.54, 1.807) is 0 Å². The Balaban J connectivity index is 2.51. The van der Waals surface area contributed by atoms with Gasteiger partial charge in [0.2, 0.25) is 5.91 Å². The number of hydrogen-bond acceptors (Lipinski definition) is 5. The van der Waals surface area contributed by atoms with Gasteiger partial charge in [-0.15, -0.1) is 0 Å².